The molecule has 0 bridgehead atoms. The van der Waals surface area contributed by atoms with Crippen molar-refractivity contribution in [2.24, 2.45) is 5.92 Å². The molecule has 0 amide bonds. The van der Waals surface area contributed by atoms with Crippen LogP contribution in [0.5, 0.6) is 0 Å². The molecule has 2 rings (SSSR count). The van der Waals surface area contributed by atoms with Crippen LogP contribution in [-0.2, 0) is 0 Å². The van der Waals surface area contributed by atoms with Crippen molar-refractivity contribution in [2.45, 2.75) is 44.6 Å². The average Bonchev–Trinajstić information content (AvgIpc) is 2.42. The number of halogens is 1. The SMILES string of the molecule is CCC1CCCC(C#N)(Nc2ccc(Cl)cc2)C1. The molecule has 1 aliphatic carbocycles. The Morgan fingerprint density at radius 3 is 2.78 bits per heavy atom. The molecule has 1 N–H and O–H groups in total. The van der Waals surface area contributed by atoms with Crippen LogP contribution in [0.25, 0.3) is 0 Å². The number of nitriles is 1. The summed E-state index contributed by atoms with van der Waals surface area (Å²) in [5.74, 6) is 0.665. The molecule has 3 heteroatoms. The smallest absolute Gasteiger partial charge is 0.125 e. The Morgan fingerprint density at radius 2 is 2.17 bits per heavy atom. The van der Waals surface area contributed by atoms with Gasteiger partial charge in [0.2, 0.25) is 0 Å². The molecule has 2 atom stereocenters. The molecule has 2 unspecified atom stereocenters. The molecule has 0 radical (unpaired) electrons. The topological polar surface area (TPSA) is 35.8 Å². The van der Waals surface area contributed by atoms with Crippen molar-refractivity contribution in [2.75, 3.05) is 5.32 Å². The highest BCUT2D eigenvalue weighted by Crippen LogP contribution is 2.36. The first-order valence-electron chi connectivity index (χ1n) is 6.62. The number of hydrogen-bond acceptors (Lipinski definition) is 2. The standard InChI is InChI=1S/C15H19ClN2/c1-2-12-4-3-9-15(10-12,11-17)18-14-7-5-13(16)6-8-14/h5-8,12,18H,2-4,9-10H2,1H3. The van der Waals surface area contributed by atoms with Crippen LogP contribution in [0, 0.1) is 17.2 Å². The van der Waals surface area contributed by atoms with Crippen molar-refractivity contribution >= 4 is 17.3 Å². The van der Waals surface area contributed by atoms with E-state index in [-0.39, 0.29) is 0 Å². The summed E-state index contributed by atoms with van der Waals surface area (Å²) in [4.78, 5) is 0. The van der Waals surface area contributed by atoms with E-state index in [1.807, 2.05) is 24.3 Å². The highest BCUT2D eigenvalue weighted by Gasteiger charge is 2.35. The molecular formula is C15H19ClN2. The van der Waals surface area contributed by atoms with Gasteiger partial charge in [-0.2, -0.15) is 5.26 Å². The summed E-state index contributed by atoms with van der Waals surface area (Å²) >= 11 is 5.88. The largest absolute Gasteiger partial charge is 0.367 e. The monoisotopic (exact) mass is 262 g/mol. The van der Waals surface area contributed by atoms with E-state index in [1.165, 1.54) is 6.42 Å². The van der Waals surface area contributed by atoms with Crippen molar-refractivity contribution in [3.05, 3.63) is 29.3 Å². The lowest BCUT2D eigenvalue weighted by atomic mass is 9.75. The van der Waals surface area contributed by atoms with Crippen molar-refractivity contribution in [3.63, 3.8) is 0 Å². The van der Waals surface area contributed by atoms with E-state index in [1.54, 1.807) is 0 Å². The lowest BCUT2D eigenvalue weighted by Crippen LogP contribution is -2.41. The van der Waals surface area contributed by atoms with Gasteiger partial charge in [0, 0.05) is 10.7 Å². The van der Waals surface area contributed by atoms with Gasteiger partial charge >= 0.3 is 0 Å². The molecule has 1 aromatic rings. The van der Waals surface area contributed by atoms with Crippen molar-refractivity contribution in [3.8, 4) is 6.07 Å². The molecule has 18 heavy (non-hydrogen) atoms. The van der Waals surface area contributed by atoms with E-state index < -0.39 is 5.54 Å². The van der Waals surface area contributed by atoms with E-state index in [0.29, 0.717) is 5.92 Å². The van der Waals surface area contributed by atoms with E-state index in [4.69, 9.17) is 11.6 Å². The van der Waals surface area contributed by atoms with Gasteiger partial charge in [-0.1, -0.05) is 31.4 Å². The predicted octanol–water partition coefficient (Wildman–Crippen LogP) is 4.61. The molecule has 0 spiro atoms. The Hall–Kier alpha value is -1.20. The fourth-order valence-corrected chi connectivity index (χ4v) is 2.92. The zero-order valence-electron chi connectivity index (χ0n) is 10.7. The minimum atomic E-state index is -0.396. The highest BCUT2D eigenvalue weighted by molar-refractivity contribution is 6.30. The quantitative estimate of drug-likeness (QED) is 0.863. The lowest BCUT2D eigenvalue weighted by Gasteiger charge is -2.36. The molecule has 1 fully saturated rings. The summed E-state index contributed by atoms with van der Waals surface area (Å²) in [6.07, 6.45) is 5.42. The summed E-state index contributed by atoms with van der Waals surface area (Å²) in [7, 11) is 0. The van der Waals surface area contributed by atoms with E-state index >= 15 is 0 Å². The minimum Gasteiger partial charge on any atom is -0.367 e. The van der Waals surface area contributed by atoms with Gasteiger partial charge in [-0.3, -0.25) is 0 Å². The van der Waals surface area contributed by atoms with Crippen LogP contribution in [0.3, 0.4) is 0 Å². The Bertz CT molecular complexity index is 435. The Kier molecular flexibility index (Phi) is 4.14. The minimum absolute atomic E-state index is 0.396. The number of rotatable bonds is 3. The fourth-order valence-electron chi connectivity index (χ4n) is 2.79. The number of benzene rings is 1. The molecule has 0 heterocycles. The first-order chi connectivity index (χ1) is 8.67. The Labute approximate surface area is 114 Å². The van der Waals surface area contributed by atoms with Gasteiger partial charge in [0.15, 0.2) is 0 Å². The maximum Gasteiger partial charge on any atom is 0.125 e. The van der Waals surface area contributed by atoms with Crippen LogP contribution in [0.15, 0.2) is 24.3 Å². The van der Waals surface area contributed by atoms with Crippen molar-refractivity contribution in [1.82, 2.24) is 0 Å². The van der Waals surface area contributed by atoms with Crippen LogP contribution in [0.4, 0.5) is 5.69 Å². The molecule has 0 aromatic heterocycles. The molecular weight excluding hydrogens is 244 g/mol. The molecule has 96 valence electrons. The maximum absolute atomic E-state index is 9.53. The Morgan fingerprint density at radius 1 is 1.44 bits per heavy atom. The fraction of sp³-hybridized carbons (Fsp3) is 0.533. The average molecular weight is 263 g/mol. The third-order valence-corrected chi connectivity index (χ3v) is 4.12. The van der Waals surface area contributed by atoms with E-state index in [2.05, 4.69) is 18.3 Å². The van der Waals surface area contributed by atoms with Crippen LogP contribution >= 0.6 is 11.6 Å². The molecule has 0 saturated heterocycles. The third kappa shape index (κ3) is 2.97. The molecule has 1 aromatic carbocycles. The summed E-state index contributed by atoms with van der Waals surface area (Å²) in [6.45, 7) is 2.21. The van der Waals surface area contributed by atoms with Crippen LogP contribution in [0.2, 0.25) is 5.02 Å². The second-order valence-corrected chi connectivity index (χ2v) is 5.63. The first-order valence-corrected chi connectivity index (χ1v) is 7.00. The number of nitrogens with zero attached hydrogens (tertiary/aromatic N) is 1. The van der Waals surface area contributed by atoms with Crippen molar-refractivity contribution < 1.29 is 0 Å². The summed E-state index contributed by atoms with van der Waals surface area (Å²) in [6, 6.07) is 10.1. The number of nitrogens with one attached hydrogen (secondary N) is 1. The summed E-state index contributed by atoms with van der Waals surface area (Å²) in [5, 5.41) is 13.7. The van der Waals surface area contributed by atoms with Crippen LogP contribution < -0.4 is 5.32 Å². The number of anilines is 1. The molecule has 1 aliphatic rings. The van der Waals surface area contributed by atoms with Gasteiger partial charge in [0.25, 0.3) is 0 Å². The van der Waals surface area contributed by atoms with Crippen molar-refractivity contribution in [1.29, 1.82) is 5.26 Å². The zero-order chi connectivity index (χ0) is 13.0. The van der Waals surface area contributed by atoms with Gasteiger partial charge < -0.3 is 5.32 Å². The van der Waals surface area contributed by atoms with E-state index in [9.17, 15) is 5.26 Å². The molecule has 1 saturated carbocycles. The summed E-state index contributed by atoms with van der Waals surface area (Å²) < 4.78 is 0. The first kappa shape index (κ1) is 13.2. The van der Waals surface area contributed by atoms with Gasteiger partial charge in [-0.25, -0.2) is 0 Å². The lowest BCUT2D eigenvalue weighted by molar-refractivity contribution is 0.283. The zero-order valence-corrected chi connectivity index (χ0v) is 11.5. The van der Waals surface area contributed by atoms with Gasteiger partial charge in [0.1, 0.15) is 5.54 Å². The van der Waals surface area contributed by atoms with E-state index in [0.717, 1.165) is 36.4 Å². The molecule has 0 aliphatic heterocycles. The normalized spacial score (nSPS) is 27.5. The number of hydrogen-bond donors (Lipinski definition) is 1. The maximum atomic E-state index is 9.53. The predicted molar refractivity (Wildman–Crippen MR) is 75.7 cm³/mol. The second-order valence-electron chi connectivity index (χ2n) is 5.20. The van der Waals surface area contributed by atoms with Gasteiger partial charge in [-0.15, -0.1) is 0 Å². The van der Waals surface area contributed by atoms with Crippen LogP contribution in [0.1, 0.15) is 39.0 Å². The van der Waals surface area contributed by atoms with Gasteiger partial charge in [0.05, 0.1) is 6.07 Å². The third-order valence-electron chi connectivity index (χ3n) is 3.87. The Balaban J connectivity index is 2.13. The van der Waals surface area contributed by atoms with Crippen LogP contribution in [-0.4, -0.2) is 5.54 Å². The second kappa shape index (κ2) is 5.63. The molecule has 2 nitrogen and oxygen atoms in total. The highest BCUT2D eigenvalue weighted by atomic mass is 35.5. The summed E-state index contributed by atoms with van der Waals surface area (Å²) in [5.41, 5.74) is 0.588. The van der Waals surface area contributed by atoms with Gasteiger partial charge in [-0.05, 0) is 49.4 Å².